The molecule has 1 atom stereocenters. The SMILES string of the molecule is CC[C@@H](C)NC(=O)c1cccnc1Sc1ccc(Br)cc1. The molecule has 2 rings (SSSR count). The molecule has 1 aromatic carbocycles. The van der Waals surface area contributed by atoms with E-state index < -0.39 is 0 Å². The molecule has 0 bridgehead atoms. The number of pyridine rings is 1. The summed E-state index contributed by atoms with van der Waals surface area (Å²) >= 11 is 4.91. The van der Waals surface area contributed by atoms with Crippen molar-refractivity contribution in [2.45, 2.75) is 36.2 Å². The van der Waals surface area contributed by atoms with Crippen LogP contribution in [0.3, 0.4) is 0 Å². The monoisotopic (exact) mass is 364 g/mol. The summed E-state index contributed by atoms with van der Waals surface area (Å²) in [6.07, 6.45) is 2.61. The molecular formula is C16H17BrN2OS. The topological polar surface area (TPSA) is 42.0 Å². The zero-order valence-corrected chi connectivity index (χ0v) is 14.4. The van der Waals surface area contributed by atoms with E-state index >= 15 is 0 Å². The van der Waals surface area contributed by atoms with Crippen LogP contribution in [0.2, 0.25) is 0 Å². The fourth-order valence-corrected chi connectivity index (χ4v) is 2.81. The number of nitrogens with one attached hydrogen (secondary N) is 1. The van der Waals surface area contributed by atoms with Gasteiger partial charge in [-0.25, -0.2) is 4.98 Å². The highest BCUT2D eigenvalue weighted by Crippen LogP contribution is 2.29. The van der Waals surface area contributed by atoms with Gasteiger partial charge in [0.05, 0.1) is 5.56 Å². The second-order valence-corrected chi connectivity index (χ2v) is 6.67. The molecule has 21 heavy (non-hydrogen) atoms. The van der Waals surface area contributed by atoms with Gasteiger partial charge >= 0.3 is 0 Å². The molecule has 110 valence electrons. The molecular weight excluding hydrogens is 348 g/mol. The predicted molar refractivity (Wildman–Crippen MR) is 89.7 cm³/mol. The molecule has 0 aliphatic heterocycles. The van der Waals surface area contributed by atoms with Crippen LogP contribution in [0.25, 0.3) is 0 Å². The van der Waals surface area contributed by atoms with Gasteiger partial charge < -0.3 is 5.32 Å². The smallest absolute Gasteiger partial charge is 0.254 e. The van der Waals surface area contributed by atoms with Crippen molar-refractivity contribution in [3.63, 3.8) is 0 Å². The van der Waals surface area contributed by atoms with Crippen molar-refractivity contribution in [3.05, 3.63) is 52.6 Å². The number of rotatable bonds is 5. The summed E-state index contributed by atoms with van der Waals surface area (Å²) in [6, 6.07) is 11.7. The lowest BCUT2D eigenvalue weighted by Gasteiger charge is -2.13. The summed E-state index contributed by atoms with van der Waals surface area (Å²) in [6.45, 7) is 4.04. The van der Waals surface area contributed by atoms with Gasteiger partial charge in [-0.3, -0.25) is 4.79 Å². The molecule has 3 nitrogen and oxygen atoms in total. The van der Waals surface area contributed by atoms with Crippen molar-refractivity contribution in [1.82, 2.24) is 10.3 Å². The molecule has 0 spiro atoms. The van der Waals surface area contributed by atoms with Crippen molar-refractivity contribution in [2.24, 2.45) is 0 Å². The average molecular weight is 365 g/mol. The van der Waals surface area contributed by atoms with Crippen molar-refractivity contribution in [3.8, 4) is 0 Å². The number of nitrogens with zero attached hydrogens (tertiary/aromatic N) is 1. The van der Waals surface area contributed by atoms with E-state index in [-0.39, 0.29) is 11.9 Å². The Labute approximate surface area is 137 Å². The predicted octanol–water partition coefficient (Wildman–Crippen LogP) is 4.52. The van der Waals surface area contributed by atoms with Crippen LogP contribution >= 0.6 is 27.7 Å². The Kier molecular flexibility index (Phi) is 5.82. The number of halogens is 1. The summed E-state index contributed by atoms with van der Waals surface area (Å²) in [5.74, 6) is -0.0722. The Morgan fingerprint density at radius 1 is 1.33 bits per heavy atom. The number of amides is 1. The number of carbonyl (C=O) groups excluding carboxylic acids is 1. The maximum atomic E-state index is 12.3. The first-order valence-corrected chi connectivity index (χ1v) is 8.40. The van der Waals surface area contributed by atoms with Crippen LogP contribution in [0.15, 0.2) is 57.0 Å². The zero-order valence-electron chi connectivity index (χ0n) is 12.0. The van der Waals surface area contributed by atoms with E-state index in [1.807, 2.05) is 44.2 Å². The van der Waals surface area contributed by atoms with E-state index in [2.05, 4.69) is 26.2 Å². The fraction of sp³-hybridized carbons (Fsp3) is 0.250. The quantitative estimate of drug-likeness (QED) is 0.847. The molecule has 1 heterocycles. The summed E-state index contributed by atoms with van der Waals surface area (Å²) < 4.78 is 1.03. The second kappa shape index (κ2) is 7.61. The van der Waals surface area contributed by atoms with Crippen LogP contribution in [-0.2, 0) is 0 Å². The zero-order chi connectivity index (χ0) is 15.2. The van der Waals surface area contributed by atoms with Gasteiger partial charge in [0.25, 0.3) is 5.91 Å². The fourth-order valence-electron chi connectivity index (χ4n) is 1.66. The number of aromatic nitrogens is 1. The summed E-state index contributed by atoms with van der Waals surface area (Å²) in [7, 11) is 0. The van der Waals surface area contributed by atoms with Crippen LogP contribution in [-0.4, -0.2) is 16.9 Å². The van der Waals surface area contributed by atoms with Crippen LogP contribution in [0.4, 0.5) is 0 Å². The van der Waals surface area contributed by atoms with Crippen molar-refractivity contribution in [1.29, 1.82) is 0 Å². The van der Waals surface area contributed by atoms with Crippen LogP contribution in [0.1, 0.15) is 30.6 Å². The first kappa shape index (κ1) is 16.0. The third-order valence-electron chi connectivity index (χ3n) is 3.03. The average Bonchev–Trinajstić information content (AvgIpc) is 2.50. The number of hydrogen-bond donors (Lipinski definition) is 1. The molecule has 5 heteroatoms. The van der Waals surface area contributed by atoms with Crippen molar-refractivity contribution < 1.29 is 4.79 Å². The minimum Gasteiger partial charge on any atom is -0.350 e. The Hall–Kier alpha value is -1.33. The van der Waals surface area contributed by atoms with Gasteiger partial charge in [0.1, 0.15) is 5.03 Å². The van der Waals surface area contributed by atoms with Crippen molar-refractivity contribution >= 4 is 33.6 Å². The normalized spacial score (nSPS) is 12.0. The summed E-state index contributed by atoms with van der Waals surface area (Å²) in [5.41, 5.74) is 0.616. The maximum absolute atomic E-state index is 12.3. The Balaban J connectivity index is 2.20. The molecule has 1 N–H and O–H groups in total. The number of hydrogen-bond acceptors (Lipinski definition) is 3. The van der Waals surface area contributed by atoms with Crippen molar-refractivity contribution in [2.75, 3.05) is 0 Å². The molecule has 0 aliphatic rings. The third-order valence-corrected chi connectivity index (χ3v) is 4.59. The van der Waals surface area contributed by atoms with E-state index in [0.717, 1.165) is 20.8 Å². The molecule has 0 unspecified atom stereocenters. The Morgan fingerprint density at radius 3 is 2.71 bits per heavy atom. The third kappa shape index (κ3) is 4.58. The van der Waals surface area contributed by atoms with Gasteiger partial charge in [0.15, 0.2) is 0 Å². The first-order chi connectivity index (χ1) is 10.1. The van der Waals surface area contributed by atoms with Crippen LogP contribution in [0, 0.1) is 0 Å². The lowest BCUT2D eigenvalue weighted by molar-refractivity contribution is 0.0935. The number of carbonyl (C=O) groups is 1. The van der Waals surface area contributed by atoms with E-state index in [1.165, 1.54) is 11.8 Å². The highest BCUT2D eigenvalue weighted by molar-refractivity contribution is 9.10. The largest absolute Gasteiger partial charge is 0.350 e. The Morgan fingerprint density at radius 2 is 2.05 bits per heavy atom. The molecule has 1 amide bonds. The standard InChI is InChI=1S/C16H17BrN2OS/c1-3-11(2)19-15(20)14-5-4-10-18-16(14)21-13-8-6-12(17)7-9-13/h4-11H,3H2,1-2H3,(H,19,20)/t11-/m1/s1. The highest BCUT2D eigenvalue weighted by Gasteiger charge is 2.14. The van der Waals surface area contributed by atoms with Crippen LogP contribution < -0.4 is 5.32 Å². The van der Waals surface area contributed by atoms with E-state index in [4.69, 9.17) is 0 Å². The molecule has 0 saturated carbocycles. The van der Waals surface area contributed by atoms with E-state index in [9.17, 15) is 4.79 Å². The molecule has 1 aromatic heterocycles. The molecule has 2 aromatic rings. The van der Waals surface area contributed by atoms with Gasteiger partial charge in [0, 0.05) is 21.6 Å². The minimum absolute atomic E-state index is 0.0722. The lowest BCUT2D eigenvalue weighted by atomic mass is 10.2. The van der Waals surface area contributed by atoms with E-state index in [0.29, 0.717) is 5.56 Å². The molecule has 0 saturated heterocycles. The van der Waals surface area contributed by atoms with E-state index in [1.54, 1.807) is 12.3 Å². The van der Waals surface area contributed by atoms with Gasteiger partial charge in [-0.1, -0.05) is 34.6 Å². The van der Waals surface area contributed by atoms with Crippen LogP contribution in [0.5, 0.6) is 0 Å². The maximum Gasteiger partial charge on any atom is 0.254 e. The first-order valence-electron chi connectivity index (χ1n) is 6.79. The molecule has 0 aliphatic carbocycles. The van der Waals surface area contributed by atoms with Gasteiger partial charge in [-0.2, -0.15) is 0 Å². The lowest BCUT2D eigenvalue weighted by Crippen LogP contribution is -2.32. The summed E-state index contributed by atoms with van der Waals surface area (Å²) in [5, 5.41) is 3.70. The van der Waals surface area contributed by atoms with Gasteiger partial charge in [0.2, 0.25) is 0 Å². The minimum atomic E-state index is -0.0722. The molecule has 0 radical (unpaired) electrons. The number of benzene rings is 1. The summed E-state index contributed by atoms with van der Waals surface area (Å²) in [4.78, 5) is 17.7. The van der Waals surface area contributed by atoms with Gasteiger partial charge in [-0.05, 0) is 49.7 Å². The second-order valence-electron chi connectivity index (χ2n) is 4.69. The molecule has 0 fully saturated rings. The highest BCUT2D eigenvalue weighted by atomic mass is 79.9. The van der Waals surface area contributed by atoms with Gasteiger partial charge in [-0.15, -0.1) is 0 Å². The Bertz CT molecular complexity index is 616.